The Morgan fingerprint density at radius 1 is 0.702 bits per heavy atom. The lowest BCUT2D eigenvalue weighted by Crippen LogP contribution is -2.53. The van der Waals surface area contributed by atoms with E-state index in [1.165, 1.54) is 24.5 Å². The highest BCUT2D eigenvalue weighted by Gasteiger charge is 2.65. The van der Waals surface area contributed by atoms with Crippen LogP contribution in [0.2, 0.25) is 0 Å². The minimum absolute atomic E-state index is 0.103. The molecule has 6 saturated carbocycles. The number of allylic oxidation sites excluding steroid dienone is 2. The average molecular weight is 639 g/mol. The van der Waals surface area contributed by atoms with Crippen LogP contribution in [0.1, 0.15) is 124 Å². The van der Waals surface area contributed by atoms with Gasteiger partial charge in [0.05, 0.1) is 0 Å². The molecule has 0 aromatic carbocycles. The van der Waals surface area contributed by atoms with E-state index in [1.807, 2.05) is 12.2 Å². The van der Waals surface area contributed by atoms with Crippen molar-refractivity contribution < 1.29 is 24.2 Å². The molecule has 12 atom stereocenters. The fourth-order valence-electron chi connectivity index (χ4n) is 13.3. The highest BCUT2D eigenvalue weighted by molar-refractivity contribution is 5.91. The molecule has 0 aliphatic heterocycles. The molecule has 0 radical (unpaired) electrons. The SMILES string of the molecule is C#C[C@]1(O)CC[C@H]2[C@@H]3CCC4=CC(=O)CCC4[C@H]3CC[C@@]21C.C#C[C@]1(OC(C)=O)CC[C@H]2[C@@H]3CCC4=CC(=O)CCC4[C@H]3CC[C@@]21C. The van der Waals surface area contributed by atoms with E-state index >= 15 is 0 Å². The van der Waals surface area contributed by atoms with Crippen molar-refractivity contribution in [2.24, 2.45) is 58.2 Å². The maximum atomic E-state index is 11.8. The first-order valence-corrected chi connectivity index (χ1v) is 18.7. The van der Waals surface area contributed by atoms with E-state index in [-0.39, 0.29) is 16.8 Å². The molecule has 252 valence electrons. The minimum Gasteiger partial charge on any atom is -0.445 e. The van der Waals surface area contributed by atoms with Crippen molar-refractivity contribution in [1.29, 1.82) is 0 Å². The van der Waals surface area contributed by atoms with Gasteiger partial charge in [-0.25, -0.2) is 0 Å². The quantitative estimate of drug-likeness (QED) is 0.237. The number of terminal acetylenes is 2. The summed E-state index contributed by atoms with van der Waals surface area (Å²) >= 11 is 0. The lowest BCUT2D eigenvalue weighted by atomic mass is 9.50. The van der Waals surface area contributed by atoms with Gasteiger partial charge < -0.3 is 9.84 Å². The van der Waals surface area contributed by atoms with Crippen LogP contribution in [-0.4, -0.2) is 33.8 Å². The smallest absolute Gasteiger partial charge is 0.304 e. The minimum atomic E-state index is -0.902. The van der Waals surface area contributed by atoms with Gasteiger partial charge in [0.25, 0.3) is 0 Å². The summed E-state index contributed by atoms with van der Waals surface area (Å²) in [6.07, 6.45) is 31.6. The molecule has 47 heavy (non-hydrogen) atoms. The first-order valence-electron chi connectivity index (χ1n) is 18.7. The molecule has 5 nitrogen and oxygen atoms in total. The van der Waals surface area contributed by atoms with Crippen molar-refractivity contribution in [2.45, 2.75) is 135 Å². The molecular weight excluding hydrogens is 584 g/mol. The maximum absolute atomic E-state index is 11.8. The van der Waals surface area contributed by atoms with Crippen LogP contribution < -0.4 is 0 Å². The molecule has 0 saturated heterocycles. The number of aliphatic hydroxyl groups is 1. The first-order chi connectivity index (χ1) is 22.4. The summed E-state index contributed by atoms with van der Waals surface area (Å²) in [4.78, 5) is 35.2. The lowest BCUT2D eigenvalue weighted by Gasteiger charge is -2.55. The van der Waals surface area contributed by atoms with Gasteiger partial charge in [0.15, 0.2) is 17.2 Å². The van der Waals surface area contributed by atoms with Gasteiger partial charge in [0, 0.05) is 30.6 Å². The molecule has 1 N–H and O–H groups in total. The zero-order valence-electron chi connectivity index (χ0n) is 28.8. The maximum Gasteiger partial charge on any atom is 0.304 e. The molecule has 2 unspecified atom stereocenters. The summed E-state index contributed by atoms with van der Waals surface area (Å²) in [5.74, 6) is 11.1. The fraction of sp³-hybridized carbons (Fsp3) is 0.738. The third kappa shape index (κ3) is 4.96. The van der Waals surface area contributed by atoms with Crippen LogP contribution in [0.3, 0.4) is 0 Å². The zero-order valence-corrected chi connectivity index (χ0v) is 28.8. The Morgan fingerprint density at radius 2 is 1.21 bits per heavy atom. The summed E-state index contributed by atoms with van der Waals surface area (Å²) in [5, 5.41) is 10.9. The van der Waals surface area contributed by atoms with Gasteiger partial charge in [-0.05, 0) is 149 Å². The molecule has 8 rings (SSSR count). The molecule has 8 aliphatic carbocycles. The number of rotatable bonds is 1. The molecule has 0 amide bonds. The molecule has 6 fully saturated rings. The number of esters is 1. The summed E-state index contributed by atoms with van der Waals surface area (Å²) in [7, 11) is 0. The van der Waals surface area contributed by atoms with Crippen molar-refractivity contribution in [1.82, 2.24) is 0 Å². The number of carbonyl (C=O) groups excluding carboxylic acids is 3. The fourth-order valence-corrected chi connectivity index (χ4v) is 13.3. The van der Waals surface area contributed by atoms with Gasteiger partial charge in [0.1, 0.15) is 5.60 Å². The van der Waals surface area contributed by atoms with Gasteiger partial charge in [-0.3, -0.25) is 14.4 Å². The number of fused-ring (bicyclic) bond motifs is 10. The third-order valence-corrected chi connectivity index (χ3v) is 15.7. The van der Waals surface area contributed by atoms with Crippen LogP contribution >= 0.6 is 0 Å². The van der Waals surface area contributed by atoms with E-state index in [1.54, 1.807) is 0 Å². The summed E-state index contributed by atoms with van der Waals surface area (Å²) in [5.41, 5.74) is 0.983. The molecular formula is C42H54O5. The number of ketones is 2. The second-order valence-corrected chi connectivity index (χ2v) is 17.2. The van der Waals surface area contributed by atoms with Gasteiger partial charge >= 0.3 is 5.97 Å². The van der Waals surface area contributed by atoms with Crippen LogP contribution in [0.4, 0.5) is 0 Å². The molecule has 0 aromatic heterocycles. The molecule has 8 aliphatic rings. The van der Waals surface area contributed by atoms with E-state index in [9.17, 15) is 19.5 Å². The molecule has 0 heterocycles. The third-order valence-electron chi connectivity index (χ3n) is 15.7. The van der Waals surface area contributed by atoms with E-state index in [0.717, 1.165) is 89.9 Å². The van der Waals surface area contributed by atoms with Crippen LogP contribution in [0, 0.1) is 82.9 Å². The van der Waals surface area contributed by atoms with Crippen molar-refractivity contribution in [3.8, 4) is 24.7 Å². The lowest BCUT2D eigenvalue weighted by molar-refractivity contribution is -0.167. The van der Waals surface area contributed by atoms with Crippen molar-refractivity contribution in [3.05, 3.63) is 23.3 Å². The topological polar surface area (TPSA) is 80.7 Å². The second-order valence-electron chi connectivity index (χ2n) is 17.2. The number of hydrogen-bond acceptors (Lipinski definition) is 5. The van der Waals surface area contributed by atoms with Crippen LogP contribution in [-0.2, 0) is 19.1 Å². The Balaban J connectivity index is 0.000000151. The molecule has 0 spiro atoms. The van der Waals surface area contributed by atoms with Gasteiger partial charge in [-0.2, -0.15) is 0 Å². The molecule has 0 bridgehead atoms. The van der Waals surface area contributed by atoms with E-state index < -0.39 is 11.2 Å². The van der Waals surface area contributed by atoms with Gasteiger partial charge in [-0.1, -0.05) is 36.8 Å². The van der Waals surface area contributed by atoms with Gasteiger partial charge in [-0.15, -0.1) is 12.8 Å². The average Bonchev–Trinajstić information content (AvgIpc) is 3.50. The second kappa shape index (κ2) is 11.8. The Hall–Kier alpha value is -2.63. The monoisotopic (exact) mass is 638 g/mol. The van der Waals surface area contributed by atoms with E-state index in [2.05, 4.69) is 25.7 Å². The molecule has 5 heteroatoms. The Morgan fingerprint density at radius 3 is 1.72 bits per heavy atom. The van der Waals surface area contributed by atoms with Crippen molar-refractivity contribution in [3.63, 3.8) is 0 Å². The predicted octanol–water partition coefficient (Wildman–Crippen LogP) is 7.56. The standard InChI is InChI=1S/C22H28O3.C20H26O2/c1-4-22(25-14(2)23)12-10-20-19-7-5-15-13-16(24)6-8-17(15)18(19)9-11-21(20,22)3;1-3-20(22)11-9-18-17-6-4-13-12-14(21)5-7-15(13)16(17)8-10-19(18,20)2/h1,13,17-20H,5-12H2,2-3H3;1,12,15-18,22H,4-11H2,2H3/t17?,18-,19-,20+,21+,22+;15?,16-,17-,18+,19+,20+/m11/s1. The summed E-state index contributed by atoms with van der Waals surface area (Å²) < 4.78 is 5.79. The van der Waals surface area contributed by atoms with Crippen LogP contribution in [0.5, 0.6) is 0 Å². The highest BCUT2D eigenvalue weighted by atomic mass is 16.6. The number of carbonyl (C=O) groups is 3. The van der Waals surface area contributed by atoms with Crippen molar-refractivity contribution in [2.75, 3.05) is 0 Å². The predicted molar refractivity (Wildman–Crippen MR) is 181 cm³/mol. The normalized spacial score (nSPS) is 47.8. The Kier molecular flexibility index (Phi) is 8.23. The zero-order chi connectivity index (χ0) is 33.4. The number of hydrogen-bond donors (Lipinski definition) is 1. The van der Waals surface area contributed by atoms with Gasteiger partial charge in [0.2, 0.25) is 0 Å². The molecule has 0 aromatic rings. The largest absolute Gasteiger partial charge is 0.445 e. The van der Waals surface area contributed by atoms with E-state index in [4.69, 9.17) is 17.6 Å². The Bertz CT molecular complexity index is 1490. The highest BCUT2D eigenvalue weighted by Crippen LogP contribution is 2.66. The van der Waals surface area contributed by atoms with Crippen LogP contribution in [0.15, 0.2) is 23.3 Å². The summed E-state index contributed by atoms with van der Waals surface area (Å²) in [6, 6.07) is 0. The Labute approximate surface area is 282 Å². The van der Waals surface area contributed by atoms with Crippen LogP contribution in [0.25, 0.3) is 0 Å². The van der Waals surface area contributed by atoms with Crippen molar-refractivity contribution >= 4 is 17.5 Å². The summed E-state index contributed by atoms with van der Waals surface area (Å²) in [6.45, 7) is 5.97. The first kappa shape index (κ1) is 32.9. The van der Waals surface area contributed by atoms with E-state index in [0.29, 0.717) is 65.3 Å². The number of ether oxygens (including phenoxy) is 1.